The molecule has 0 spiro atoms. The van der Waals surface area contributed by atoms with E-state index in [0.29, 0.717) is 37.0 Å². The van der Waals surface area contributed by atoms with Gasteiger partial charge in [0, 0.05) is 24.7 Å². The summed E-state index contributed by atoms with van der Waals surface area (Å²) in [4.78, 5) is 49.2. The van der Waals surface area contributed by atoms with Crippen molar-refractivity contribution in [3.63, 3.8) is 0 Å². The molecule has 2 heterocycles. The number of Topliss-reactive ketones (excluding diaryl/α,β-unsaturated/α-hetero) is 1. The number of benzene rings is 1. The Morgan fingerprint density at radius 2 is 1.70 bits per heavy atom. The molecule has 7 atom stereocenters. The Morgan fingerprint density at radius 3 is 2.33 bits per heavy atom. The third-order valence-electron chi connectivity index (χ3n) is 10.7. The zero-order valence-electron chi connectivity index (χ0n) is 28.5. The first-order chi connectivity index (χ1) is 21.8. The molecule has 10 heteroatoms. The van der Waals surface area contributed by atoms with Gasteiger partial charge in [0.2, 0.25) is 5.91 Å². The van der Waals surface area contributed by atoms with Crippen LogP contribution in [0.1, 0.15) is 96.6 Å². The third-order valence-corrected chi connectivity index (χ3v) is 10.7. The largest absolute Gasteiger partial charge is 0.481 e. The smallest absolute Gasteiger partial charge is 0.404 e. The number of rotatable bonds is 14. The molecule has 2 aromatic rings. The zero-order chi connectivity index (χ0) is 33.2. The fraction of sp³-hybridized carbons (Fsp3) is 0.639. The van der Waals surface area contributed by atoms with Gasteiger partial charge < -0.3 is 19.9 Å². The first-order valence-electron chi connectivity index (χ1n) is 17.0. The fourth-order valence-corrected chi connectivity index (χ4v) is 8.10. The van der Waals surface area contributed by atoms with E-state index in [4.69, 9.17) is 9.31 Å². The molecule has 6 rings (SSSR count). The summed E-state index contributed by atoms with van der Waals surface area (Å²) < 4.78 is 13.4. The van der Waals surface area contributed by atoms with Crippen molar-refractivity contribution in [2.24, 2.45) is 35.0 Å². The number of hydrogen-bond acceptors (Lipinski definition) is 7. The number of amides is 2. The van der Waals surface area contributed by atoms with Crippen LogP contribution in [0.4, 0.5) is 0 Å². The van der Waals surface area contributed by atoms with Crippen molar-refractivity contribution in [3.8, 4) is 0 Å². The molecule has 2 amide bonds. The zero-order valence-corrected chi connectivity index (χ0v) is 28.5. The summed E-state index contributed by atoms with van der Waals surface area (Å²) in [6.45, 7) is 15.2. The van der Waals surface area contributed by atoms with Crippen molar-refractivity contribution in [1.29, 1.82) is 0 Å². The van der Waals surface area contributed by atoms with Crippen LogP contribution in [0.3, 0.4) is 0 Å². The summed E-state index contributed by atoms with van der Waals surface area (Å²) in [6.07, 6.45) is 8.00. The molecule has 0 radical (unpaired) electrons. The Hall–Kier alpha value is -3.11. The Bertz CT molecular complexity index is 1370. The lowest BCUT2D eigenvalue weighted by Crippen LogP contribution is -2.65. The van der Waals surface area contributed by atoms with E-state index < -0.39 is 25.0 Å². The minimum absolute atomic E-state index is 0.00131. The van der Waals surface area contributed by atoms with Crippen molar-refractivity contribution in [2.45, 2.75) is 111 Å². The highest BCUT2D eigenvalue weighted by atomic mass is 16.7. The van der Waals surface area contributed by atoms with E-state index in [1.165, 1.54) is 18.6 Å². The van der Waals surface area contributed by atoms with Crippen LogP contribution in [-0.2, 0) is 25.3 Å². The molecule has 4 aliphatic rings. The van der Waals surface area contributed by atoms with Gasteiger partial charge in [0.05, 0.1) is 29.9 Å². The normalized spacial score (nSPS) is 26.5. The van der Waals surface area contributed by atoms with E-state index in [1.54, 1.807) is 0 Å². The minimum atomic E-state index is -0.828. The van der Waals surface area contributed by atoms with Gasteiger partial charge in [-0.15, -0.1) is 0 Å². The lowest BCUT2D eigenvalue weighted by atomic mass is 9.43. The molecular weight excluding hydrogens is 579 g/mol. The van der Waals surface area contributed by atoms with Gasteiger partial charge in [0.25, 0.3) is 5.91 Å². The lowest BCUT2D eigenvalue weighted by Gasteiger charge is -2.64. The highest BCUT2D eigenvalue weighted by molar-refractivity contribution is 6.47. The number of nitrogens with zero attached hydrogens (tertiary/aromatic N) is 2. The second-order valence-electron chi connectivity index (χ2n) is 15.4. The van der Waals surface area contributed by atoms with Gasteiger partial charge in [0.15, 0.2) is 5.78 Å². The fourth-order valence-electron chi connectivity index (χ4n) is 8.10. The van der Waals surface area contributed by atoms with Gasteiger partial charge in [-0.2, -0.15) is 0 Å². The predicted octanol–water partition coefficient (Wildman–Crippen LogP) is 5.24. The van der Waals surface area contributed by atoms with Crippen LogP contribution < -0.4 is 10.6 Å². The molecule has 46 heavy (non-hydrogen) atoms. The van der Waals surface area contributed by atoms with E-state index >= 15 is 0 Å². The van der Waals surface area contributed by atoms with Crippen LogP contribution in [0.25, 0.3) is 0 Å². The van der Waals surface area contributed by atoms with Gasteiger partial charge in [-0.1, -0.05) is 71.9 Å². The van der Waals surface area contributed by atoms with E-state index in [1.807, 2.05) is 30.3 Å². The Kier molecular flexibility index (Phi) is 10.4. The molecule has 248 valence electrons. The molecule has 2 N–H and O–H groups in total. The van der Waals surface area contributed by atoms with Crippen LogP contribution in [0, 0.1) is 35.0 Å². The van der Waals surface area contributed by atoms with Crippen LogP contribution in [0.15, 0.2) is 48.9 Å². The monoisotopic (exact) mass is 630 g/mol. The summed E-state index contributed by atoms with van der Waals surface area (Å²) >= 11 is 0. The maximum Gasteiger partial charge on any atom is 0.481 e. The van der Waals surface area contributed by atoms with Crippen LogP contribution in [0.5, 0.6) is 0 Å². The summed E-state index contributed by atoms with van der Waals surface area (Å²) in [5, 5.41) is 6.16. The lowest BCUT2D eigenvalue weighted by molar-refractivity contribution is -0.199. The highest BCUT2D eigenvalue weighted by Gasteiger charge is 2.68. The Labute approximate surface area is 274 Å². The van der Waals surface area contributed by atoms with Gasteiger partial charge in [-0.25, -0.2) is 4.98 Å². The average Bonchev–Trinajstić information content (AvgIpc) is 3.37. The topological polar surface area (TPSA) is 120 Å². The molecule has 3 saturated carbocycles. The molecule has 1 aromatic heterocycles. The molecule has 2 unspecified atom stereocenters. The van der Waals surface area contributed by atoms with Crippen molar-refractivity contribution in [1.82, 2.24) is 20.6 Å². The highest BCUT2D eigenvalue weighted by Crippen LogP contribution is 2.65. The van der Waals surface area contributed by atoms with Gasteiger partial charge >= 0.3 is 7.12 Å². The molecule has 1 aromatic carbocycles. The summed E-state index contributed by atoms with van der Waals surface area (Å²) in [7, 11) is -0.538. The minimum Gasteiger partial charge on any atom is -0.404 e. The van der Waals surface area contributed by atoms with E-state index in [-0.39, 0.29) is 52.8 Å². The average molecular weight is 631 g/mol. The number of carbonyl (C=O) groups is 3. The Balaban J connectivity index is 1.31. The van der Waals surface area contributed by atoms with Gasteiger partial charge in [0.1, 0.15) is 5.69 Å². The maximum atomic E-state index is 14.1. The molecule has 9 nitrogen and oxygen atoms in total. The van der Waals surface area contributed by atoms with Gasteiger partial charge in [-0.3, -0.25) is 19.4 Å². The number of ketones is 1. The molecule has 1 saturated heterocycles. The molecule has 4 fully saturated rings. The van der Waals surface area contributed by atoms with Crippen molar-refractivity contribution in [3.05, 3.63) is 60.2 Å². The first-order valence-corrected chi connectivity index (χ1v) is 17.0. The predicted molar refractivity (Wildman–Crippen MR) is 177 cm³/mol. The molecule has 2 bridgehead atoms. The van der Waals surface area contributed by atoms with E-state index in [0.717, 1.165) is 18.4 Å². The van der Waals surface area contributed by atoms with Crippen molar-refractivity contribution in [2.75, 3.05) is 0 Å². The first kappa shape index (κ1) is 34.2. The standard InChI is InChI=1S/C36H51BN4O5/c1-22(2)15-25(18-29(42)27(17-24-11-9-8-10-12-24)40-34(44)28-21-38-13-14-39-28)33(43)41-32(16-23(3)4)37-45-31-20-26-19-30(35(26,5)6)36(31,7)46-37/h8-14,21-23,25-27,30-32H,15-20H2,1-7H3,(H,40,44)(H,41,43)/t25-,26?,27+,30+,31?,32+,36+/m1/s1. The quantitative estimate of drug-likeness (QED) is 0.274. The second kappa shape index (κ2) is 13.9. The van der Waals surface area contributed by atoms with Crippen molar-refractivity contribution < 1.29 is 23.7 Å². The van der Waals surface area contributed by atoms with E-state index in [2.05, 4.69) is 69.1 Å². The van der Waals surface area contributed by atoms with Crippen LogP contribution >= 0.6 is 0 Å². The molecular formula is C36H51BN4O5. The van der Waals surface area contributed by atoms with Crippen molar-refractivity contribution >= 4 is 24.7 Å². The number of carbonyl (C=O) groups excluding carboxylic acids is 3. The summed E-state index contributed by atoms with van der Waals surface area (Å²) in [5.74, 6) is -0.213. The number of nitrogens with one attached hydrogen (secondary N) is 2. The van der Waals surface area contributed by atoms with Crippen LogP contribution in [0.2, 0.25) is 0 Å². The molecule has 3 aliphatic carbocycles. The van der Waals surface area contributed by atoms with Gasteiger partial charge in [-0.05, 0) is 73.7 Å². The summed E-state index contributed by atoms with van der Waals surface area (Å²) in [6, 6.07) is 8.73. The SMILES string of the molecule is CC(C)C[C@H](CC(=O)[C@H](Cc1ccccc1)NC(=O)c1cnccn1)C(=O)N[C@@H](CC(C)C)B1OC2CC3C[C@@H](C3(C)C)[C@]2(C)O1. The summed E-state index contributed by atoms with van der Waals surface area (Å²) in [5.41, 5.74) is 0.895. The number of aromatic nitrogens is 2. The third kappa shape index (κ3) is 7.38. The Morgan fingerprint density at radius 1 is 0.978 bits per heavy atom. The maximum absolute atomic E-state index is 14.1. The number of hydrogen-bond donors (Lipinski definition) is 2. The van der Waals surface area contributed by atoms with E-state index in [9.17, 15) is 14.4 Å². The second-order valence-corrected chi connectivity index (χ2v) is 15.4. The van der Waals surface area contributed by atoms with Crippen LogP contribution in [-0.4, -0.2) is 58.4 Å². The molecule has 1 aliphatic heterocycles.